The van der Waals surface area contributed by atoms with Crippen molar-refractivity contribution in [3.8, 4) is 0 Å². The second kappa shape index (κ2) is 5.55. The van der Waals surface area contributed by atoms with E-state index in [1.807, 2.05) is 0 Å². The van der Waals surface area contributed by atoms with E-state index in [1.54, 1.807) is 0 Å². The Morgan fingerprint density at radius 3 is 2.44 bits per heavy atom. The topological polar surface area (TPSA) is 29.3 Å². The molecule has 1 aromatic rings. The molecule has 0 aromatic heterocycles. The van der Waals surface area contributed by atoms with Crippen LogP contribution in [0.15, 0.2) is 24.3 Å². The second-order valence-corrected chi connectivity index (χ2v) is 11.4. The van der Waals surface area contributed by atoms with Gasteiger partial charge in [0.2, 0.25) is 0 Å². The second-order valence-electron chi connectivity index (χ2n) is 6.38. The molecular formula is C15H26N2Si. The maximum absolute atomic E-state index is 5.72. The van der Waals surface area contributed by atoms with E-state index in [0.29, 0.717) is 6.54 Å². The van der Waals surface area contributed by atoms with Crippen LogP contribution in [0.3, 0.4) is 0 Å². The van der Waals surface area contributed by atoms with Crippen molar-refractivity contribution in [2.75, 3.05) is 13.1 Å². The molecule has 18 heavy (non-hydrogen) atoms. The molecule has 2 N–H and O–H groups in total. The fraction of sp³-hybridized carbons (Fsp3) is 0.600. The zero-order valence-electron chi connectivity index (χ0n) is 11.9. The number of nitrogens with two attached hydrogens (primary N) is 1. The van der Waals surface area contributed by atoms with Gasteiger partial charge < -0.3 is 10.3 Å². The van der Waals surface area contributed by atoms with Crippen molar-refractivity contribution >= 4 is 8.24 Å². The van der Waals surface area contributed by atoms with E-state index in [1.165, 1.54) is 37.1 Å². The summed E-state index contributed by atoms with van der Waals surface area (Å²) in [6, 6.07) is 8.85. The van der Waals surface area contributed by atoms with E-state index in [0.717, 1.165) is 5.92 Å². The van der Waals surface area contributed by atoms with Crippen LogP contribution >= 0.6 is 0 Å². The number of piperidine rings is 1. The Kier molecular flexibility index (Phi) is 4.25. The zero-order chi connectivity index (χ0) is 13.2. The standard InChI is InChI=1S/C15H26N2Si/c1-18(2,3)17-9-7-14(8-10-17)15-6-4-5-13(11-15)12-16/h4-6,11,14H,7-10,12,16H2,1-3H3. The van der Waals surface area contributed by atoms with E-state index < -0.39 is 8.24 Å². The minimum Gasteiger partial charge on any atom is -0.326 e. The molecule has 2 nitrogen and oxygen atoms in total. The van der Waals surface area contributed by atoms with Gasteiger partial charge in [0.15, 0.2) is 0 Å². The Morgan fingerprint density at radius 1 is 1.22 bits per heavy atom. The highest BCUT2D eigenvalue weighted by molar-refractivity contribution is 6.73. The summed E-state index contributed by atoms with van der Waals surface area (Å²) in [5.74, 6) is 0.740. The SMILES string of the molecule is C[Si](C)(C)N1CCC(c2cccc(CN)c2)CC1. The first-order chi connectivity index (χ1) is 8.50. The van der Waals surface area contributed by atoms with Crippen molar-refractivity contribution < 1.29 is 0 Å². The van der Waals surface area contributed by atoms with Crippen LogP contribution in [-0.4, -0.2) is 25.9 Å². The molecule has 1 heterocycles. The van der Waals surface area contributed by atoms with Crippen LogP contribution in [0.25, 0.3) is 0 Å². The number of nitrogens with zero attached hydrogens (tertiary/aromatic N) is 1. The lowest BCUT2D eigenvalue weighted by Crippen LogP contribution is -2.49. The van der Waals surface area contributed by atoms with Crippen LogP contribution in [0.4, 0.5) is 0 Å². The average Bonchev–Trinajstić information content (AvgIpc) is 2.38. The van der Waals surface area contributed by atoms with Crippen molar-refractivity contribution in [3.63, 3.8) is 0 Å². The smallest absolute Gasteiger partial charge is 0.119 e. The van der Waals surface area contributed by atoms with Crippen LogP contribution in [0.2, 0.25) is 19.6 Å². The summed E-state index contributed by atoms with van der Waals surface area (Å²) in [4.78, 5) is 0. The Labute approximate surface area is 112 Å². The predicted molar refractivity (Wildman–Crippen MR) is 81.2 cm³/mol. The summed E-state index contributed by atoms with van der Waals surface area (Å²) < 4.78 is 2.73. The number of hydrogen-bond acceptors (Lipinski definition) is 2. The van der Waals surface area contributed by atoms with Crippen LogP contribution in [0, 0.1) is 0 Å². The van der Waals surface area contributed by atoms with E-state index in [-0.39, 0.29) is 0 Å². The van der Waals surface area contributed by atoms with Crippen LogP contribution in [-0.2, 0) is 6.54 Å². The van der Waals surface area contributed by atoms with Crippen molar-refractivity contribution in [1.82, 2.24) is 4.57 Å². The molecule has 0 spiro atoms. The highest BCUT2D eigenvalue weighted by atomic mass is 28.3. The van der Waals surface area contributed by atoms with E-state index in [4.69, 9.17) is 5.73 Å². The monoisotopic (exact) mass is 262 g/mol. The van der Waals surface area contributed by atoms with Gasteiger partial charge in [-0.3, -0.25) is 0 Å². The first-order valence-corrected chi connectivity index (χ1v) is 10.5. The van der Waals surface area contributed by atoms with Gasteiger partial charge in [-0.1, -0.05) is 43.9 Å². The molecule has 0 aliphatic carbocycles. The fourth-order valence-electron chi connectivity index (χ4n) is 2.86. The Balaban J connectivity index is 2.01. The lowest BCUT2D eigenvalue weighted by molar-refractivity contribution is 0.316. The van der Waals surface area contributed by atoms with Gasteiger partial charge in [0.1, 0.15) is 8.24 Å². The van der Waals surface area contributed by atoms with E-state index in [9.17, 15) is 0 Å². The number of rotatable bonds is 3. The number of hydrogen-bond donors (Lipinski definition) is 1. The van der Waals surface area contributed by atoms with E-state index >= 15 is 0 Å². The van der Waals surface area contributed by atoms with Crippen molar-refractivity contribution in [1.29, 1.82) is 0 Å². The maximum Gasteiger partial charge on any atom is 0.119 e. The summed E-state index contributed by atoms with van der Waals surface area (Å²) in [5.41, 5.74) is 8.48. The quantitative estimate of drug-likeness (QED) is 0.848. The molecule has 3 heteroatoms. The van der Waals surface area contributed by atoms with Gasteiger partial charge in [0.25, 0.3) is 0 Å². The highest BCUT2D eigenvalue weighted by Gasteiger charge is 2.28. The summed E-state index contributed by atoms with van der Waals surface area (Å²) in [6.07, 6.45) is 2.61. The lowest BCUT2D eigenvalue weighted by atomic mass is 9.89. The van der Waals surface area contributed by atoms with Gasteiger partial charge in [-0.25, -0.2) is 0 Å². The molecule has 1 aliphatic heterocycles. The van der Waals surface area contributed by atoms with E-state index in [2.05, 4.69) is 48.5 Å². The highest BCUT2D eigenvalue weighted by Crippen LogP contribution is 2.30. The third-order valence-corrected chi connectivity index (χ3v) is 6.45. The minimum atomic E-state index is -1.09. The van der Waals surface area contributed by atoms with Gasteiger partial charge in [0, 0.05) is 6.54 Å². The van der Waals surface area contributed by atoms with Crippen molar-refractivity contribution in [3.05, 3.63) is 35.4 Å². The normalized spacial score (nSPS) is 19.1. The molecule has 0 unspecified atom stereocenters. The molecule has 1 fully saturated rings. The van der Waals surface area contributed by atoms with Gasteiger partial charge >= 0.3 is 0 Å². The summed E-state index contributed by atoms with van der Waals surface area (Å²) in [6.45, 7) is 10.5. The summed E-state index contributed by atoms with van der Waals surface area (Å²) in [7, 11) is -1.09. The predicted octanol–water partition coefficient (Wildman–Crippen LogP) is 3.16. The largest absolute Gasteiger partial charge is 0.326 e. The van der Waals surface area contributed by atoms with Gasteiger partial charge in [-0.15, -0.1) is 0 Å². The molecule has 0 amide bonds. The Bertz CT molecular complexity index is 390. The Morgan fingerprint density at radius 2 is 1.89 bits per heavy atom. The first kappa shape index (κ1) is 13.8. The summed E-state index contributed by atoms with van der Waals surface area (Å²) in [5, 5.41) is 0. The third kappa shape index (κ3) is 3.22. The first-order valence-electron chi connectivity index (χ1n) is 7.04. The average molecular weight is 262 g/mol. The lowest BCUT2D eigenvalue weighted by Gasteiger charge is -2.40. The molecule has 0 atom stereocenters. The molecular weight excluding hydrogens is 236 g/mol. The minimum absolute atomic E-state index is 0.654. The van der Waals surface area contributed by atoms with Crippen molar-refractivity contribution in [2.45, 2.75) is 44.9 Å². The Hall–Kier alpha value is -0.643. The molecule has 100 valence electrons. The van der Waals surface area contributed by atoms with Crippen LogP contribution in [0.1, 0.15) is 29.9 Å². The van der Waals surface area contributed by atoms with Gasteiger partial charge in [0.05, 0.1) is 0 Å². The number of benzene rings is 1. The van der Waals surface area contributed by atoms with Gasteiger partial charge in [-0.05, 0) is 43.0 Å². The fourth-order valence-corrected chi connectivity index (χ4v) is 4.46. The molecule has 1 aliphatic rings. The third-order valence-electron chi connectivity index (χ3n) is 4.10. The molecule has 0 radical (unpaired) electrons. The zero-order valence-corrected chi connectivity index (χ0v) is 12.9. The molecule has 1 saturated heterocycles. The molecule has 2 rings (SSSR count). The van der Waals surface area contributed by atoms with Gasteiger partial charge in [-0.2, -0.15) is 0 Å². The molecule has 1 aromatic carbocycles. The van der Waals surface area contributed by atoms with Crippen LogP contribution < -0.4 is 5.73 Å². The summed E-state index contributed by atoms with van der Waals surface area (Å²) >= 11 is 0. The maximum atomic E-state index is 5.72. The molecule has 0 saturated carbocycles. The van der Waals surface area contributed by atoms with Crippen molar-refractivity contribution in [2.24, 2.45) is 5.73 Å². The molecule has 0 bridgehead atoms. The van der Waals surface area contributed by atoms with Crippen LogP contribution in [0.5, 0.6) is 0 Å².